The summed E-state index contributed by atoms with van der Waals surface area (Å²) < 4.78 is 4.63. The summed E-state index contributed by atoms with van der Waals surface area (Å²) in [5.41, 5.74) is 10.6. The van der Waals surface area contributed by atoms with E-state index in [1.54, 1.807) is 0 Å². The van der Waals surface area contributed by atoms with Gasteiger partial charge in [0, 0.05) is 38.6 Å². The van der Waals surface area contributed by atoms with Crippen molar-refractivity contribution in [2.45, 2.75) is 0 Å². The predicted octanol–water partition coefficient (Wildman–Crippen LogP) is 11.0. The van der Waals surface area contributed by atoms with E-state index in [0.717, 1.165) is 83.3 Å². The monoisotopic (exact) mass is 691 g/mol. The van der Waals surface area contributed by atoms with Crippen molar-refractivity contribution in [2.75, 3.05) is 0 Å². The third-order valence-corrected chi connectivity index (χ3v) is 10.1. The lowest BCUT2D eigenvalue weighted by atomic mass is 10.1. The Morgan fingerprint density at radius 3 is 1.31 bits per heavy atom. The van der Waals surface area contributed by atoms with Crippen molar-refractivity contribution in [1.29, 1.82) is 0 Å². The molecule has 0 N–H and O–H groups in total. The number of fused-ring (bicyclic) bond motifs is 4. The molecule has 4 heterocycles. The number of aromatic nitrogens is 7. The molecule has 0 unspecified atom stereocenters. The van der Waals surface area contributed by atoms with Crippen molar-refractivity contribution in [3.05, 3.63) is 176 Å². The third-order valence-electron chi connectivity index (χ3n) is 10.1. The van der Waals surface area contributed by atoms with Gasteiger partial charge in [0.25, 0.3) is 0 Å². The SMILES string of the molecule is c1ccc(-c2nc(-c3ccccc3)nc(-c3ccc4c5cccc6nc(-c7ccccc7)n(c7cccc8nc(-c9ccccc9)n(c4c3)c87)c65)n2)cc1. The van der Waals surface area contributed by atoms with Gasteiger partial charge in [-0.2, -0.15) is 0 Å². The molecule has 0 saturated heterocycles. The van der Waals surface area contributed by atoms with Crippen molar-refractivity contribution in [3.63, 3.8) is 0 Å². The molecule has 54 heavy (non-hydrogen) atoms. The smallest absolute Gasteiger partial charge is 0.164 e. The minimum atomic E-state index is 0.591. The Morgan fingerprint density at radius 2 is 0.759 bits per heavy atom. The molecule has 0 fully saturated rings. The summed E-state index contributed by atoms with van der Waals surface area (Å²) in [5, 5.41) is 2.13. The van der Waals surface area contributed by atoms with Gasteiger partial charge in [0.15, 0.2) is 17.5 Å². The average Bonchev–Trinajstić information content (AvgIpc) is 3.84. The molecule has 0 radical (unpaired) electrons. The highest BCUT2D eigenvalue weighted by molar-refractivity contribution is 6.13. The van der Waals surface area contributed by atoms with E-state index in [9.17, 15) is 0 Å². The van der Waals surface area contributed by atoms with Crippen LogP contribution in [-0.4, -0.2) is 33.7 Å². The highest BCUT2D eigenvalue weighted by Gasteiger charge is 2.22. The highest BCUT2D eigenvalue weighted by atomic mass is 15.1. The molecule has 0 saturated carbocycles. The van der Waals surface area contributed by atoms with Gasteiger partial charge in [-0.3, -0.25) is 8.80 Å². The van der Waals surface area contributed by atoms with Crippen LogP contribution in [0.2, 0.25) is 0 Å². The first-order valence-corrected chi connectivity index (χ1v) is 17.9. The first-order chi connectivity index (χ1) is 26.8. The average molecular weight is 692 g/mol. The van der Waals surface area contributed by atoms with Crippen molar-refractivity contribution >= 4 is 43.9 Å². The molecular weight excluding hydrogens is 663 g/mol. The fourth-order valence-corrected chi connectivity index (χ4v) is 7.69. The van der Waals surface area contributed by atoms with Crippen LogP contribution in [0.4, 0.5) is 0 Å². The normalized spacial score (nSPS) is 11.7. The second kappa shape index (κ2) is 12.0. The van der Waals surface area contributed by atoms with Gasteiger partial charge in [-0.25, -0.2) is 24.9 Å². The second-order valence-electron chi connectivity index (χ2n) is 13.4. The first kappa shape index (κ1) is 30.1. The van der Waals surface area contributed by atoms with E-state index < -0.39 is 0 Å². The van der Waals surface area contributed by atoms with Crippen LogP contribution in [0.3, 0.4) is 0 Å². The molecule has 7 aromatic carbocycles. The molecule has 11 aromatic rings. The molecular formula is C47H29N7. The van der Waals surface area contributed by atoms with Gasteiger partial charge in [-0.15, -0.1) is 0 Å². The van der Waals surface area contributed by atoms with Gasteiger partial charge < -0.3 is 0 Å². The topological polar surface area (TPSA) is 73.3 Å². The highest BCUT2D eigenvalue weighted by Crippen LogP contribution is 2.38. The Labute approximate surface area is 309 Å². The van der Waals surface area contributed by atoms with E-state index in [0.29, 0.717) is 17.5 Å². The predicted molar refractivity (Wildman–Crippen MR) is 217 cm³/mol. The van der Waals surface area contributed by atoms with E-state index in [1.807, 2.05) is 72.8 Å². The summed E-state index contributed by atoms with van der Waals surface area (Å²) in [6.07, 6.45) is 0. The van der Waals surface area contributed by atoms with Gasteiger partial charge in [0.2, 0.25) is 0 Å². The maximum atomic E-state index is 5.35. The fraction of sp³-hybridized carbons (Fsp3) is 0. The van der Waals surface area contributed by atoms with Gasteiger partial charge in [-0.1, -0.05) is 152 Å². The quantitative estimate of drug-likeness (QED) is 0.180. The Balaban J connectivity index is 1.31. The molecule has 11 rings (SSSR count). The standard InChI is InChI=1S/C47H29N7/c1-5-15-30(16-6-1)43-50-44(31-17-7-2-8-18-31)52-45(51-43)34-27-28-35-36-23-13-24-37-41(36)53(46(48-37)32-19-9-3-10-20-32)39-26-14-25-38-42(39)54(40(35)29-34)47(49-38)33-21-11-4-12-22-33/h1-29H. The Kier molecular flexibility index (Phi) is 6.72. The Hall–Kier alpha value is -7.51. The second-order valence-corrected chi connectivity index (χ2v) is 13.4. The van der Waals surface area contributed by atoms with Crippen LogP contribution in [0, 0.1) is 0 Å². The lowest BCUT2D eigenvalue weighted by Crippen LogP contribution is -2.01. The van der Waals surface area contributed by atoms with E-state index >= 15 is 0 Å². The summed E-state index contributed by atoms with van der Waals surface area (Å²) >= 11 is 0. The van der Waals surface area contributed by atoms with Crippen LogP contribution in [0.5, 0.6) is 0 Å². The summed E-state index contributed by atoms with van der Waals surface area (Å²) in [6.45, 7) is 0. The van der Waals surface area contributed by atoms with Gasteiger partial charge in [0.05, 0.1) is 33.1 Å². The zero-order valence-corrected chi connectivity index (χ0v) is 28.9. The molecule has 0 atom stereocenters. The maximum absolute atomic E-state index is 5.35. The summed E-state index contributed by atoms with van der Waals surface area (Å²) in [4.78, 5) is 25.8. The van der Waals surface area contributed by atoms with Crippen LogP contribution >= 0.6 is 0 Å². The maximum Gasteiger partial charge on any atom is 0.164 e. The number of nitrogens with zero attached hydrogens (tertiary/aromatic N) is 7. The number of rotatable bonds is 5. The summed E-state index contributed by atoms with van der Waals surface area (Å²) in [6, 6.07) is 60.3. The lowest BCUT2D eigenvalue weighted by molar-refractivity contribution is 1.07. The van der Waals surface area contributed by atoms with Gasteiger partial charge in [0.1, 0.15) is 11.6 Å². The van der Waals surface area contributed by atoms with Crippen molar-refractivity contribution in [2.24, 2.45) is 0 Å². The van der Waals surface area contributed by atoms with Crippen LogP contribution in [0.25, 0.3) is 101 Å². The molecule has 252 valence electrons. The molecule has 0 aliphatic heterocycles. The largest absolute Gasteiger partial charge is 0.290 e. The molecule has 7 heteroatoms. The van der Waals surface area contributed by atoms with E-state index in [4.69, 9.17) is 24.9 Å². The van der Waals surface area contributed by atoms with Crippen LogP contribution in [0.1, 0.15) is 0 Å². The molecule has 0 amide bonds. The Bertz CT molecular complexity index is 3130. The zero-order valence-electron chi connectivity index (χ0n) is 28.9. The minimum Gasteiger partial charge on any atom is -0.290 e. The van der Waals surface area contributed by atoms with E-state index in [2.05, 4.69) is 112 Å². The molecule has 0 aliphatic carbocycles. The molecule has 0 aliphatic rings. The summed E-state index contributed by atoms with van der Waals surface area (Å²) in [5.74, 6) is 3.56. The number of hydrogen-bond donors (Lipinski definition) is 0. The van der Waals surface area contributed by atoms with Crippen molar-refractivity contribution in [1.82, 2.24) is 33.7 Å². The zero-order chi connectivity index (χ0) is 35.6. The van der Waals surface area contributed by atoms with Crippen molar-refractivity contribution < 1.29 is 0 Å². The van der Waals surface area contributed by atoms with Gasteiger partial charge >= 0.3 is 0 Å². The number of imidazole rings is 2. The van der Waals surface area contributed by atoms with Gasteiger partial charge in [-0.05, 0) is 24.3 Å². The first-order valence-electron chi connectivity index (χ1n) is 17.9. The molecule has 0 bridgehead atoms. The fourth-order valence-electron chi connectivity index (χ4n) is 7.69. The lowest BCUT2D eigenvalue weighted by Gasteiger charge is -2.13. The van der Waals surface area contributed by atoms with Crippen LogP contribution in [0.15, 0.2) is 176 Å². The number of benzene rings is 7. The number of hydrogen-bond acceptors (Lipinski definition) is 5. The number of para-hydroxylation sites is 2. The molecule has 7 nitrogen and oxygen atoms in total. The van der Waals surface area contributed by atoms with E-state index in [-0.39, 0.29) is 0 Å². The van der Waals surface area contributed by atoms with E-state index in [1.165, 1.54) is 0 Å². The van der Waals surface area contributed by atoms with Crippen LogP contribution in [-0.2, 0) is 0 Å². The molecule has 4 aromatic heterocycles. The third kappa shape index (κ3) is 4.72. The Morgan fingerprint density at radius 1 is 0.296 bits per heavy atom. The minimum absolute atomic E-state index is 0.591. The van der Waals surface area contributed by atoms with Crippen molar-refractivity contribution in [3.8, 4) is 56.9 Å². The van der Waals surface area contributed by atoms with Crippen LogP contribution < -0.4 is 0 Å². The summed E-state index contributed by atoms with van der Waals surface area (Å²) in [7, 11) is 0. The molecule has 0 spiro atoms.